The van der Waals surface area contributed by atoms with Gasteiger partial charge in [0, 0.05) is 11.3 Å². The molecule has 3 aromatic rings. The molecule has 0 spiro atoms. The standard InChI is InChI=1S/C21H21N5O2/c1-12-4-7-15(8-5-12)19-23-21-24-20(28)17(26(21)25-19)11-18(27)22-16-9-6-13(2)10-14(16)3/h4-10,17H,11H2,1-3H3,(H,22,27)(H,23,24,25,28)/t17-/m0/s1. The molecule has 142 valence electrons. The predicted octanol–water partition coefficient (Wildman–Crippen LogP) is 3.39. The van der Waals surface area contributed by atoms with E-state index in [1.165, 1.54) is 4.68 Å². The third-order valence-corrected chi connectivity index (χ3v) is 4.81. The molecule has 1 aliphatic rings. The van der Waals surface area contributed by atoms with Gasteiger partial charge in [-0.05, 0) is 32.4 Å². The number of aryl methyl sites for hydroxylation is 3. The first kappa shape index (κ1) is 17.9. The van der Waals surface area contributed by atoms with E-state index in [4.69, 9.17) is 0 Å². The van der Waals surface area contributed by atoms with E-state index in [-0.39, 0.29) is 18.2 Å². The highest BCUT2D eigenvalue weighted by molar-refractivity contribution is 6.01. The number of benzene rings is 2. The Morgan fingerprint density at radius 2 is 1.82 bits per heavy atom. The molecule has 4 rings (SSSR count). The van der Waals surface area contributed by atoms with Gasteiger partial charge >= 0.3 is 0 Å². The topological polar surface area (TPSA) is 88.9 Å². The Morgan fingerprint density at radius 1 is 1.11 bits per heavy atom. The summed E-state index contributed by atoms with van der Waals surface area (Å²) in [6.07, 6.45) is -0.0111. The number of carbonyl (C=O) groups excluding carboxylic acids is 2. The van der Waals surface area contributed by atoms with Gasteiger partial charge in [0.05, 0.1) is 6.42 Å². The van der Waals surface area contributed by atoms with Crippen LogP contribution in [0.25, 0.3) is 11.4 Å². The molecule has 2 aromatic carbocycles. The fraction of sp³-hybridized carbons (Fsp3) is 0.238. The van der Waals surface area contributed by atoms with E-state index in [1.54, 1.807) is 0 Å². The number of nitrogens with zero attached hydrogens (tertiary/aromatic N) is 3. The third-order valence-electron chi connectivity index (χ3n) is 4.81. The average Bonchev–Trinajstić information content (AvgIpc) is 3.17. The summed E-state index contributed by atoms with van der Waals surface area (Å²) in [4.78, 5) is 29.2. The van der Waals surface area contributed by atoms with E-state index >= 15 is 0 Å². The van der Waals surface area contributed by atoms with E-state index in [9.17, 15) is 9.59 Å². The Kier molecular flexibility index (Phi) is 4.43. The molecule has 0 fully saturated rings. The van der Waals surface area contributed by atoms with Crippen LogP contribution in [0.5, 0.6) is 0 Å². The van der Waals surface area contributed by atoms with Gasteiger partial charge in [0.15, 0.2) is 5.82 Å². The highest BCUT2D eigenvalue weighted by Gasteiger charge is 2.35. The molecule has 7 heteroatoms. The van der Waals surface area contributed by atoms with Gasteiger partial charge in [-0.15, -0.1) is 5.10 Å². The summed E-state index contributed by atoms with van der Waals surface area (Å²) in [6.45, 7) is 5.95. The molecule has 0 saturated carbocycles. The maximum absolute atomic E-state index is 12.5. The van der Waals surface area contributed by atoms with Gasteiger partial charge < -0.3 is 5.32 Å². The summed E-state index contributed by atoms with van der Waals surface area (Å²) in [5, 5.41) is 10.0. The summed E-state index contributed by atoms with van der Waals surface area (Å²) in [5.74, 6) is 0.369. The van der Waals surface area contributed by atoms with Gasteiger partial charge in [0.25, 0.3) is 5.91 Å². The summed E-state index contributed by atoms with van der Waals surface area (Å²) < 4.78 is 1.50. The Labute approximate surface area is 162 Å². The van der Waals surface area contributed by atoms with E-state index in [1.807, 2.05) is 63.2 Å². The lowest BCUT2D eigenvalue weighted by atomic mass is 10.1. The van der Waals surface area contributed by atoms with Crippen molar-refractivity contribution in [1.29, 1.82) is 0 Å². The number of hydrogen-bond donors (Lipinski definition) is 2. The lowest BCUT2D eigenvalue weighted by molar-refractivity contribution is -0.123. The number of amides is 2. The minimum Gasteiger partial charge on any atom is -0.326 e. The lowest BCUT2D eigenvalue weighted by Gasteiger charge is -2.12. The van der Waals surface area contributed by atoms with Crippen LogP contribution in [-0.4, -0.2) is 26.6 Å². The Balaban J connectivity index is 1.52. The summed E-state index contributed by atoms with van der Waals surface area (Å²) in [5.41, 5.74) is 4.85. The molecule has 1 aromatic heterocycles. The molecule has 28 heavy (non-hydrogen) atoms. The van der Waals surface area contributed by atoms with Gasteiger partial charge in [-0.1, -0.05) is 47.5 Å². The van der Waals surface area contributed by atoms with Crippen molar-refractivity contribution in [3.63, 3.8) is 0 Å². The molecular formula is C21H21N5O2. The Hall–Kier alpha value is -3.48. The summed E-state index contributed by atoms with van der Waals surface area (Å²) in [6, 6.07) is 12.9. The van der Waals surface area contributed by atoms with Crippen molar-refractivity contribution < 1.29 is 9.59 Å². The van der Waals surface area contributed by atoms with Crippen LogP contribution in [0.3, 0.4) is 0 Å². The lowest BCUT2D eigenvalue weighted by Crippen LogP contribution is -2.24. The normalized spacial score (nSPS) is 15.2. The number of nitrogens with one attached hydrogen (secondary N) is 2. The van der Waals surface area contributed by atoms with Crippen LogP contribution in [0.4, 0.5) is 11.6 Å². The predicted molar refractivity (Wildman–Crippen MR) is 107 cm³/mol. The number of carbonyl (C=O) groups is 2. The first-order valence-electron chi connectivity index (χ1n) is 9.12. The van der Waals surface area contributed by atoms with Crippen molar-refractivity contribution in [2.24, 2.45) is 0 Å². The highest BCUT2D eigenvalue weighted by Crippen LogP contribution is 2.29. The highest BCUT2D eigenvalue weighted by atomic mass is 16.2. The zero-order chi connectivity index (χ0) is 19.8. The van der Waals surface area contributed by atoms with Crippen LogP contribution in [0.1, 0.15) is 29.2 Å². The summed E-state index contributed by atoms with van der Waals surface area (Å²) >= 11 is 0. The minimum atomic E-state index is -0.715. The van der Waals surface area contributed by atoms with E-state index in [2.05, 4.69) is 20.7 Å². The van der Waals surface area contributed by atoms with Crippen molar-refractivity contribution in [3.05, 3.63) is 59.2 Å². The second-order valence-corrected chi connectivity index (χ2v) is 7.15. The first-order valence-corrected chi connectivity index (χ1v) is 9.12. The third kappa shape index (κ3) is 3.38. The molecule has 0 aliphatic carbocycles. The monoisotopic (exact) mass is 375 g/mol. The molecule has 2 N–H and O–H groups in total. The minimum absolute atomic E-state index is 0.0111. The number of fused-ring (bicyclic) bond motifs is 1. The number of anilines is 2. The smallest absolute Gasteiger partial charge is 0.252 e. The number of aromatic nitrogens is 3. The second kappa shape index (κ2) is 6.92. The molecule has 2 amide bonds. The molecule has 1 aliphatic heterocycles. The van der Waals surface area contributed by atoms with Crippen LogP contribution < -0.4 is 10.6 Å². The molecule has 0 radical (unpaired) electrons. The van der Waals surface area contributed by atoms with Crippen LogP contribution in [0.15, 0.2) is 42.5 Å². The maximum atomic E-state index is 12.5. The quantitative estimate of drug-likeness (QED) is 0.731. The maximum Gasteiger partial charge on any atom is 0.252 e. The number of rotatable bonds is 4. The van der Waals surface area contributed by atoms with Crippen molar-refractivity contribution in [2.75, 3.05) is 10.6 Å². The molecule has 0 saturated heterocycles. The summed E-state index contributed by atoms with van der Waals surface area (Å²) in [7, 11) is 0. The van der Waals surface area contributed by atoms with Crippen LogP contribution in [-0.2, 0) is 9.59 Å². The van der Waals surface area contributed by atoms with Gasteiger partial charge in [0.1, 0.15) is 6.04 Å². The van der Waals surface area contributed by atoms with Crippen LogP contribution in [0, 0.1) is 20.8 Å². The largest absolute Gasteiger partial charge is 0.326 e. The fourth-order valence-electron chi connectivity index (χ4n) is 3.27. The van der Waals surface area contributed by atoms with Crippen molar-refractivity contribution in [2.45, 2.75) is 33.2 Å². The molecule has 7 nitrogen and oxygen atoms in total. The van der Waals surface area contributed by atoms with Gasteiger partial charge in [-0.25, -0.2) is 4.68 Å². The second-order valence-electron chi connectivity index (χ2n) is 7.15. The van der Waals surface area contributed by atoms with Gasteiger partial charge in [-0.3, -0.25) is 14.9 Å². The van der Waals surface area contributed by atoms with Gasteiger partial charge in [0.2, 0.25) is 11.9 Å². The molecule has 0 bridgehead atoms. The molecular weight excluding hydrogens is 354 g/mol. The van der Waals surface area contributed by atoms with Crippen molar-refractivity contribution in [3.8, 4) is 11.4 Å². The van der Waals surface area contributed by atoms with Crippen LogP contribution >= 0.6 is 0 Å². The SMILES string of the molecule is Cc1ccc(-c2nc3n(n2)[C@@H](CC(=O)Nc2ccc(C)cc2C)C(=O)N3)cc1. The number of hydrogen-bond acceptors (Lipinski definition) is 4. The molecule has 2 heterocycles. The fourth-order valence-corrected chi connectivity index (χ4v) is 3.27. The zero-order valence-electron chi connectivity index (χ0n) is 16.0. The Morgan fingerprint density at radius 3 is 2.54 bits per heavy atom. The first-order chi connectivity index (χ1) is 13.4. The van der Waals surface area contributed by atoms with Crippen LogP contribution in [0.2, 0.25) is 0 Å². The van der Waals surface area contributed by atoms with Crippen molar-refractivity contribution in [1.82, 2.24) is 14.8 Å². The Bertz CT molecular complexity index is 1070. The molecule has 0 unspecified atom stereocenters. The van der Waals surface area contributed by atoms with E-state index in [0.717, 1.165) is 27.9 Å². The van der Waals surface area contributed by atoms with E-state index in [0.29, 0.717) is 11.8 Å². The molecule has 1 atom stereocenters. The van der Waals surface area contributed by atoms with E-state index < -0.39 is 6.04 Å². The zero-order valence-corrected chi connectivity index (χ0v) is 16.0. The van der Waals surface area contributed by atoms with Crippen molar-refractivity contribution >= 4 is 23.5 Å². The van der Waals surface area contributed by atoms with Gasteiger partial charge in [-0.2, -0.15) is 4.98 Å². The average molecular weight is 375 g/mol.